The van der Waals surface area contributed by atoms with Gasteiger partial charge in [0.15, 0.2) is 0 Å². The van der Waals surface area contributed by atoms with Crippen LogP contribution in [0.5, 0.6) is 0 Å². The van der Waals surface area contributed by atoms with Gasteiger partial charge in [-0.2, -0.15) is 8.78 Å². The lowest BCUT2D eigenvalue weighted by Crippen LogP contribution is -2.22. The number of nitrogen functional groups attached to an aromatic ring is 1. The number of hydrogen-bond donors (Lipinski definition) is 5. The highest BCUT2D eigenvalue weighted by atomic mass is 31.2. The lowest BCUT2D eigenvalue weighted by atomic mass is 9.95. The molecule has 1 aromatic carbocycles. The first kappa shape index (κ1) is 23.5. The number of nitrogens with one attached hydrogen (secondary N) is 1. The summed E-state index contributed by atoms with van der Waals surface area (Å²) in [5.74, 6) is 0.638. The predicted octanol–water partition coefficient (Wildman–Crippen LogP) is 3.07. The summed E-state index contributed by atoms with van der Waals surface area (Å²) in [5, 5.41) is 11.0. The molecule has 0 saturated heterocycles. The Balaban J connectivity index is 1.78. The SMILES string of the molecule is CC(C)(O)Cc1cccc2nc(N)c3[nH]c(COCCCC(F)(F)P(=O)(O)O)nc3c12. The number of aliphatic hydroxyl groups is 1. The largest absolute Gasteiger partial charge is 0.394 e. The molecule has 0 unspecified atom stereocenters. The number of benzene rings is 1. The predicted molar refractivity (Wildman–Crippen MR) is 112 cm³/mol. The molecule has 170 valence electrons. The van der Waals surface area contributed by atoms with Crippen molar-refractivity contribution in [3.63, 3.8) is 0 Å². The fourth-order valence-corrected chi connectivity index (χ4v) is 3.76. The van der Waals surface area contributed by atoms with Gasteiger partial charge in [-0.1, -0.05) is 12.1 Å². The molecule has 0 atom stereocenters. The molecule has 2 heterocycles. The van der Waals surface area contributed by atoms with Crippen molar-refractivity contribution in [1.82, 2.24) is 15.0 Å². The minimum atomic E-state index is -5.49. The second kappa shape index (κ2) is 8.40. The number of imidazole rings is 1. The minimum absolute atomic E-state index is 0.0369. The number of anilines is 1. The van der Waals surface area contributed by atoms with E-state index >= 15 is 0 Å². The number of nitrogens with two attached hydrogens (primary N) is 1. The molecular weight excluding hydrogens is 433 g/mol. The number of rotatable bonds is 9. The zero-order valence-electron chi connectivity index (χ0n) is 17.1. The molecule has 2 aromatic heterocycles. The zero-order valence-corrected chi connectivity index (χ0v) is 18.0. The summed E-state index contributed by atoms with van der Waals surface area (Å²) < 4.78 is 42.7. The van der Waals surface area contributed by atoms with E-state index in [-0.39, 0.29) is 25.5 Å². The maximum absolute atomic E-state index is 13.3. The Morgan fingerprint density at radius 3 is 2.61 bits per heavy atom. The van der Waals surface area contributed by atoms with E-state index in [4.69, 9.17) is 20.3 Å². The van der Waals surface area contributed by atoms with Gasteiger partial charge in [0.1, 0.15) is 29.3 Å². The standard InChI is InChI=1S/C19H25F2N4O5P/c1-18(2,26)9-11-5-3-6-12-14(11)15-16(17(22)23-12)25-13(24-15)10-30-8-4-7-19(20,21)31(27,28)29/h3,5-6,26H,4,7-10H2,1-2H3,(H2,22,23)(H,24,25)(H2,27,28,29). The van der Waals surface area contributed by atoms with Crippen LogP contribution >= 0.6 is 7.60 Å². The normalized spacial score (nSPS) is 13.4. The van der Waals surface area contributed by atoms with Crippen LogP contribution in [0.15, 0.2) is 18.2 Å². The average molecular weight is 458 g/mol. The number of halogens is 2. The van der Waals surface area contributed by atoms with Gasteiger partial charge in [0.05, 0.1) is 11.1 Å². The second-order valence-corrected chi connectivity index (χ2v) is 9.81. The number of ether oxygens (including phenoxy) is 1. The van der Waals surface area contributed by atoms with Gasteiger partial charge in [0.25, 0.3) is 0 Å². The molecule has 3 rings (SSSR count). The Kier molecular flexibility index (Phi) is 6.37. The molecule has 0 aliphatic rings. The molecule has 0 aliphatic heterocycles. The maximum atomic E-state index is 13.3. The molecule has 0 saturated carbocycles. The van der Waals surface area contributed by atoms with Crippen molar-refractivity contribution in [2.75, 3.05) is 12.3 Å². The van der Waals surface area contributed by atoms with Gasteiger partial charge < -0.3 is 30.3 Å². The van der Waals surface area contributed by atoms with Crippen molar-refractivity contribution in [2.24, 2.45) is 0 Å². The van der Waals surface area contributed by atoms with E-state index in [1.54, 1.807) is 19.9 Å². The minimum Gasteiger partial charge on any atom is -0.390 e. The van der Waals surface area contributed by atoms with Gasteiger partial charge in [-0.15, -0.1) is 0 Å². The van der Waals surface area contributed by atoms with E-state index in [1.165, 1.54) is 0 Å². The molecule has 0 amide bonds. The number of aromatic nitrogens is 3. The van der Waals surface area contributed by atoms with E-state index in [2.05, 4.69) is 15.0 Å². The van der Waals surface area contributed by atoms with Gasteiger partial charge in [0, 0.05) is 24.8 Å². The zero-order chi connectivity index (χ0) is 23.0. The van der Waals surface area contributed by atoms with Crippen LogP contribution in [0.4, 0.5) is 14.6 Å². The van der Waals surface area contributed by atoms with Gasteiger partial charge in [0.2, 0.25) is 0 Å². The fraction of sp³-hybridized carbons (Fsp3) is 0.474. The van der Waals surface area contributed by atoms with Gasteiger partial charge >= 0.3 is 13.3 Å². The van der Waals surface area contributed by atoms with E-state index in [0.717, 1.165) is 10.9 Å². The van der Waals surface area contributed by atoms with E-state index in [1.807, 2.05) is 12.1 Å². The van der Waals surface area contributed by atoms with Crippen LogP contribution in [0.2, 0.25) is 0 Å². The molecule has 0 radical (unpaired) electrons. The summed E-state index contributed by atoms with van der Waals surface area (Å²) in [5.41, 5.74) is 3.57. The number of aromatic amines is 1. The van der Waals surface area contributed by atoms with Crippen LogP contribution in [0.25, 0.3) is 21.9 Å². The smallest absolute Gasteiger partial charge is 0.390 e. The van der Waals surface area contributed by atoms with Crippen LogP contribution in [-0.2, 0) is 22.3 Å². The maximum Gasteiger partial charge on any atom is 0.394 e. The van der Waals surface area contributed by atoms with Crippen LogP contribution in [0, 0.1) is 0 Å². The summed E-state index contributed by atoms with van der Waals surface area (Å²) in [7, 11) is -5.49. The van der Waals surface area contributed by atoms with Gasteiger partial charge in [-0.25, -0.2) is 9.97 Å². The Morgan fingerprint density at radius 2 is 1.97 bits per heavy atom. The number of fused-ring (bicyclic) bond motifs is 3. The Bertz CT molecular complexity index is 1140. The molecule has 0 bridgehead atoms. The molecule has 31 heavy (non-hydrogen) atoms. The third kappa shape index (κ3) is 5.36. The second-order valence-electron chi connectivity index (χ2n) is 8.07. The summed E-state index contributed by atoms with van der Waals surface area (Å²) in [4.78, 5) is 29.2. The summed E-state index contributed by atoms with van der Waals surface area (Å²) in [6.07, 6.45) is -0.850. The van der Waals surface area contributed by atoms with E-state index < -0.39 is 25.3 Å². The summed E-state index contributed by atoms with van der Waals surface area (Å²) in [6.45, 7) is 3.23. The topological polar surface area (TPSA) is 155 Å². The monoisotopic (exact) mass is 458 g/mol. The van der Waals surface area contributed by atoms with Crippen molar-refractivity contribution in [3.05, 3.63) is 29.6 Å². The Hall–Kier alpha value is -2.17. The number of hydrogen-bond acceptors (Lipinski definition) is 6. The molecule has 0 aliphatic carbocycles. The lowest BCUT2D eigenvalue weighted by Gasteiger charge is -2.18. The average Bonchev–Trinajstić information content (AvgIpc) is 3.04. The van der Waals surface area contributed by atoms with Crippen molar-refractivity contribution in [3.8, 4) is 0 Å². The molecule has 6 N–H and O–H groups in total. The molecule has 12 heteroatoms. The summed E-state index contributed by atoms with van der Waals surface area (Å²) >= 11 is 0. The third-order valence-electron chi connectivity index (χ3n) is 4.67. The molecule has 0 spiro atoms. The first-order chi connectivity index (χ1) is 14.3. The Labute approximate surface area is 176 Å². The number of alkyl halides is 2. The van der Waals surface area contributed by atoms with Crippen molar-refractivity contribution < 1.29 is 33.0 Å². The highest BCUT2D eigenvalue weighted by Crippen LogP contribution is 2.55. The fourth-order valence-electron chi connectivity index (χ4n) is 3.31. The van der Waals surface area contributed by atoms with Crippen LogP contribution in [-0.4, -0.2) is 47.7 Å². The number of pyridine rings is 1. The van der Waals surface area contributed by atoms with E-state index in [9.17, 15) is 18.5 Å². The number of H-pyrrole nitrogens is 1. The van der Waals surface area contributed by atoms with Crippen LogP contribution in [0.1, 0.15) is 38.1 Å². The van der Waals surface area contributed by atoms with Crippen molar-refractivity contribution in [1.29, 1.82) is 0 Å². The Morgan fingerprint density at radius 1 is 1.26 bits per heavy atom. The highest BCUT2D eigenvalue weighted by Gasteiger charge is 2.47. The van der Waals surface area contributed by atoms with Gasteiger partial charge in [-0.3, -0.25) is 4.57 Å². The van der Waals surface area contributed by atoms with Crippen molar-refractivity contribution in [2.45, 2.75) is 51.0 Å². The molecule has 0 fully saturated rings. The molecule has 9 nitrogen and oxygen atoms in total. The highest BCUT2D eigenvalue weighted by molar-refractivity contribution is 7.53. The lowest BCUT2D eigenvalue weighted by molar-refractivity contribution is 0.0334. The first-order valence-corrected chi connectivity index (χ1v) is 11.2. The molecular formula is C19H25F2N4O5P. The van der Waals surface area contributed by atoms with Crippen molar-refractivity contribution >= 4 is 35.3 Å². The first-order valence-electron chi connectivity index (χ1n) is 9.58. The van der Waals surface area contributed by atoms with Gasteiger partial charge in [-0.05, 0) is 31.9 Å². The van der Waals surface area contributed by atoms with Crippen LogP contribution in [0.3, 0.4) is 0 Å². The van der Waals surface area contributed by atoms with E-state index in [0.29, 0.717) is 28.8 Å². The summed E-state index contributed by atoms with van der Waals surface area (Å²) in [6, 6.07) is 5.50. The number of nitrogens with zero attached hydrogens (tertiary/aromatic N) is 2. The third-order valence-corrected chi connectivity index (χ3v) is 5.75. The molecule has 3 aromatic rings. The quantitative estimate of drug-likeness (QED) is 0.242. The van der Waals surface area contributed by atoms with Crippen LogP contribution < -0.4 is 5.73 Å².